The lowest BCUT2D eigenvalue weighted by Gasteiger charge is -2.45. The van der Waals surface area contributed by atoms with Gasteiger partial charge in [0.1, 0.15) is 24.4 Å². The van der Waals surface area contributed by atoms with Gasteiger partial charge in [-0.1, -0.05) is 109 Å². The normalized spacial score (nSPS) is 20.8. The highest BCUT2D eigenvalue weighted by atomic mass is 31.1. The summed E-state index contributed by atoms with van der Waals surface area (Å²) in [6.45, 7) is 1.37. The van der Waals surface area contributed by atoms with Gasteiger partial charge in [0.2, 0.25) is 0 Å². The van der Waals surface area contributed by atoms with Crippen molar-refractivity contribution in [2.24, 2.45) is 0 Å². The number of esters is 1. The summed E-state index contributed by atoms with van der Waals surface area (Å²) in [7, 11) is -0.297. The fourth-order valence-electron chi connectivity index (χ4n) is 5.26. The molecule has 9 nitrogen and oxygen atoms in total. The van der Waals surface area contributed by atoms with Crippen LogP contribution in [0.5, 0.6) is 0 Å². The molecule has 250 valence electrons. The molecule has 4 aromatic carbocycles. The Hall–Kier alpha value is -3.97. The van der Waals surface area contributed by atoms with Crippen LogP contribution < -0.4 is 0 Å². The zero-order valence-electron chi connectivity index (χ0n) is 26.6. The van der Waals surface area contributed by atoms with Crippen molar-refractivity contribution in [2.75, 3.05) is 19.8 Å². The number of carbonyl (C=O) groups excluding carboxylic acids is 1. The van der Waals surface area contributed by atoms with Gasteiger partial charge in [0.05, 0.1) is 57.7 Å². The predicted octanol–water partition coefficient (Wildman–Crippen LogP) is 6.82. The van der Waals surface area contributed by atoms with Crippen LogP contribution in [0.2, 0.25) is 0 Å². The molecule has 4 aromatic rings. The maximum Gasteiger partial charge on any atom is 0.338 e. The van der Waals surface area contributed by atoms with Crippen molar-refractivity contribution in [2.45, 2.75) is 56.8 Å². The second kappa shape index (κ2) is 19.8. The Morgan fingerprint density at radius 2 is 1.17 bits per heavy atom. The first-order valence-corrected chi connectivity index (χ1v) is 16.7. The van der Waals surface area contributed by atoms with Crippen LogP contribution in [-0.2, 0) is 52.6 Å². The molecule has 10 heteroatoms. The van der Waals surface area contributed by atoms with E-state index in [4.69, 9.17) is 38.0 Å². The van der Waals surface area contributed by atoms with E-state index in [1.165, 1.54) is 0 Å². The van der Waals surface area contributed by atoms with Crippen molar-refractivity contribution < 1.29 is 37.5 Å². The fraction of sp³-hybridized carbons (Fsp3) is 0.316. The number of hydrogen-bond acceptors (Lipinski definition) is 9. The van der Waals surface area contributed by atoms with Gasteiger partial charge in [0.25, 0.3) is 0 Å². The third-order valence-corrected chi connectivity index (χ3v) is 8.23. The highest BCUT2D eigenvalue weighted by Gasteiger charge is 2.50. The largest absolute Gasteiger partial charge is 0.453 e. The van der Waals surface area contributed by atoms with Crippen molar-refractivity contribution in [3.8, 4) is 6.07 Å². The first-order chi connectivity index (χ1) is 23.7. The predicted molar refractivity (Wildman–Crippen MR) is 181 cm³/mol. The van der Waals surface area contributed by atoms with Gasteiger partial charge in [0.15, 0.2) is 15.1 Å². The minimum Gasteiger partial charge on any atom is -0.453 e. The number of rotatable bonds is 18. The number of carbonyl (C=O) groups is 1. The Balaban J connectivity index is 1.43. The monoisotopic (exact) mass is 669 g/mol. The van der Waals surface area contributed by atoms with E-state index in [2.05, 4.69) is 6.07 Å². The van der Waals surface area contributed by atoms with Gasteiger partial charge in [-0.05, 0) is 28.8 Å². The molecular weight excluding hydrogens is 629 g/mol. The molecular formula is C38H40NO8P. The first-order valence-electron chi connectivity index (χ1n) is 15.9. The quantitative estimate of drug-likeness (QED) is 0.0641. The van der Waals surface area contributed by atoms with Crippen molar-refractivity contribution in [1.82, 2.24) is 0 Å². The third-order valence-electron chi connectivity index (χ3n) is 7.63. The van der Waals surface area contributed by atoms with Crippen LogP contribution in [0, 0.1) is 11.3 Å². The van der Waals surface area contributed by atoms with Gasteiger partial charge < -0.3 is 32.7 Å². The van der Waals surface area contributed by atoms with Crippen LogP contribution in [0.1, 0.15) is 33.5 Å². The summed E-state index contributed by atoms with van der Waals surface area (Å²) in [5, 5.41) is 8.84. The Labute approximate surface area is 283 Å². The number of benzene rings is 4. The summed E-state index contributed by atoms with van der Waals surface area (Å²) < 4.78 is 43.7. The summed E-state index contributed by atoms with van der Waals surface area (Å²) in [5.74, 6) is -0.505. The van der Waals surface area contributed by atoms with Gasteiger partial charge in [-0.25, -0.2) is 4.79 Å². The molecule has 1 aliphatic heterocycles. The molecule has 0 saturated carbocycles. The molecule has 5 rings (SSSR count). The van der Waals surface area contributed by atoms with E-state index in [9.17, 15) is 4.79 Å². The fourth-order valence-corrected chi connectivity index (χ4v) is 5.76. The topological polar surface area (TPSA) is 105 Å². The number of nitrogens with zero attached hydrogens (tertiary/aromatic N) is 1. The van der Waals surface area contributed by atoms with Crippen LogP contribution in [-0.4, -0.2) is 56.3 Å². The zero-order chi connectivity index (χ0) is 33.2. The Morgan fingerprint density at radius 3 is 1.75 bits per heavy atom. The van der Waals surface area contributed by atoms with Gasteiger partial charge >= 0.3 is 5.97 Å². The SMILES string of the molecule is N#CCCOPOC[C@@H]1O[C@H](COCc2ccccc2)[C@@H](OC(=O)c2ccccc2)[C@H](OCc2ccccc2)[C@H]1OCc1ccccc1. The van der Waals surface area contributed by atoms with E-state index in [-0.39, 0.29) is 48.5 Å². The number of nitriles is 1. The van der Waals surface area contributed by atoms with E-state index in [0.717, 1.165) is 16.7 Å². The second-order valence-electron chi connectivity index (χ2n) is 11.1. The summed E-state index contributed by atoms with van der Waals surface area (Å²) in [6.07, 6.45) is -3.41. The van der Waals surface area contributed by atoms with Crippen LogP contribution in [0.25, 0.3) is 0 Å². The standard InChI is InChI=1S/C38H40NO8P/c39-22-13-23-44-48-45-28-34-35(42-25-30-16-7-2-8-17-30)37(43-26-31-18-9-3-10-19-31)36(47-38(40)32-20-11-4-12-21-32)33(46-34)27-41-24-29-14-5-1-6-15-29/h1-12,14-21,33-37,48H,13,23-28H2/t33-,34+,35+,36-,37-/m1/s1. The van der Waals surface area contributed by atoms with Gasteiger partial charge in [0, 0.05) is 0 Å². The molecule has 1 heterocycles. The second-order valence-corrected chi connectivity index (χ2v) is 11.9. The molecule has 0 amide bonds. The van der Waals surface area contributed by atoms with Crippen LogP contribution in [0.4, 0.5) is 0 Å². The first kappa shape index (κ1) is 35.3. The molecule has 1 unspecified atom stereocenters. The van der Waals surface area contributed by atoms with E-state index < -0.39 is 36.5 Å². The smallest absolute Gasteiger partial charge is 0.338 e. The molecule has 6 atom stereocenters. The van der Waals surface area contributed by atoms with Crippen molar-refractivity contribution >= 4 is 15.0 Å². The number of ether oxygens (including phenoxy) is 5. The molecule has 1 aliphatic rings. The van der Waals surface area contributed by atoms with E-state index in [1.54, 1.807) is 24.3 Å². The molecule has 0 spiro atoms. The molecule has 0 bridgehead atoms. The van der Waals surface area contributed by atoms with E-state index >= 15 is 0 Å². The Bertz CT molecular complexity index is 1520. The van der Waals surface area contributed by atoms with Crippen molar-refractivity contribution in [1.29, 1.82) is 5.26 Å². The lowest BCUT2D eigenvalue weighted by atomic mass is 9.94. The summed E-state index contributed by atoms with van der Waals surface area (Å²) in [6, 6.07) is 40.3. The van der Waals surface area contributed by atoms with E-state index in [1.807, 2.05) is 97.1 Å². The highest BCUT2D eigenvalue weighted by molar-refractivity contribution is 7.26. The van der Waals surface area contributed by atoms with Crippen molar-refractivity contribution in [3.63, 3.8) is 0 Å². The van der Waals surface area contributed by atoms with Crippen LogP contribution in [0.15, 0.2) is 121 Å². The lowest BCUT2D eigenvalue weighted by molar-refractivity contribution is -0.263. The van der Waals surface area contributed by atoms with Gasteiger partial charge in [-0.15, -0.1) is 0 Å². The average molecular weight is 670 g/mol. The molecule has 1 fully saturated rings. The summed E-state index contributed by atoms with van der Waals surface area (Å²) in [4.78, 5) is 13.6. The lowest BCUT2D eigenvalue weighted by Crippen LogP contribution is -2.62. The molecule has 0 radical (unpaired) electrons. The average Bonchev–Trinajstić information content (AvgIpc) is 3.14. The molecule has 1 saturated heterocycles. The minimum absolute atomic E-state index is 0.115. The number of hydrogen-bond donors (Lipinski definition) is 0. The van der Waals surface area contributed by atoms with Crippen LogP contribution in [0.3, 0.4) is 0 Å². The molecule has 0 N–H and O–H groups in total. The summed E-state index contributed by atoms with van der Waals surface area (Å²) >= 11 is 0. The molecule has 48 heavy (non-hydrogen) atoms. The van der Waals surface area contributed by atoms with Gasteiger partial charge in [-0.3, -0.25) is 0 Å². The summed E-state index contributed by atoms with van der Waals surface area (Å²) in [5.41, 5.74) is 3.33. The highest BCUT2D eigenvalue weighted by Crippen LogP contribution is 2.32. The third kappa shape index (κ3) is 11.0. The van der Waals surface area contributed by atoms with Crippen LogP contribution >= 0.6 is 9.03 Å². The van der Waals surface area contributed by atoms with Gasteiger partial charge in [-0.2, -0.15) is 5.26 Å². The molecule has 0 aromatic heterocycles. The zero-order valence-corrected chi connectivity index (χ0v) is 27.6. The maximum atomic E-state index is 13.6. The van der Waals surface area contributed by atoms with E-state index in [0.29, 0.717) is 12.2 Å². The maximum absolute atomic E-state index is 13.6. The van der Waals surface area contributed by atoms with Crippen molar-refractivity contribution in [3.05, 3.63) is 144 Å². The molecule has 0 aliphatic carbocycles. The minimum atomic E-state index is -0.886. The Kier molecular flexibility index (Phi) is 14.5. The Morgan fingerprint density at radius 1 is 0.646 bits per heavy atom.